The van der Waals surface area contributed by atoms with Crippen LogP contribution in [0.15, 0.2) is 47.4 Å². The average molecular weight is 451 g/mol. The first kappa shape index (κ1) is 24.0. The highest BCUT2D eigenvalue weighted by Gasteiger charge is 2.17. The molecule has 10 nitrogen and oxygen atoms in total. The zero-order valence-corrected chi connectivity index (χ0v) is 18.3. The van der Waals surface area contributed by atoms with Crippen LogP contribution in [-0.4, -0.2) is 47.7 Å². The van der Waals surface area contributed by atoms with Gasteiger partial charge in [0, 0.05) is 37.0 Å². The van der Waals surface area contributed by atoms with Gasteiger partial charge in [-0.2, -0.15) is 0 Å². The molecule has 0 aliphatic heterocycles. The van der Waals surface area contributed by atoms with Crippen molar-refractivity contribution >= 4 is 33.3 Å². The number of sulfonamides is 1. The number of benzene rings is 2. The molecule has 0 aliphatic rings. The molecule has 2 aromatic rings. The molecule has 0 heterocycles. The van der Waals surface area contributed by atoms with Crippen molar-refractivity contribution in [3.8, 4) is 11.5 Å². The molecule has 0 unspecified atom stereocenters. The van der Waals surface area contributed by atoms with Crippen molar-refractivity contribution < 1.29 is 27.5 Å². The van der Waals surface area contributed by atoms with E-state index in [0.29, 0.717) is 23.7 Å². The maximum Gasteiger partial charge on any atom is 0.319 e. The second-order valence-electron chi connectivity index (χ2n) is 6.28. The minimum Gasteiger partial charge on any atom is -0.493 e. The normalized spacial score (nSPS) is 10.8. The molecule has 2 rings (SSSR count). The summed E-state index contributed by atoms with van der Waals surface area (Å²) in [5.41, 5.74) is 0.986. The van der Waals surface area contributed by atoms with Crippen LogP contribution in [0, 0.1) is 0 Å². The van der Waals surface area contributed by atoms with Crippen LogP contribution in [-0.2, 0) is 14.8 Å². The number of methoxy groups -OCH3 is 2. The van der Waals surface area contributed by atoms with Crippen molar-refractivity contribution in [2.24, 2.45) is 0 Å². The fraction of sp³-hybridized carbons (Fsp3) is 0.300. The van der Waals surface area contributed by atoms with Crippen molar-refractivity contribution in [1.82, 2.24) is 10.0 Å². The van der Waals surface area contributed by atoms with Crippen molar-refractivity contribution in [2.75, 3.05) is 37.9 Å². The first-order valence-corrected chi connectivity index (χ1v) is 10.9. The summed E-state index contributed by atoms with van der Waals surface area (Å²) in [5.74, 6) is 0.305. The van der Waals surface area contributed by atoms with E-state index in [0.717, 1.165) is 0 Å². The highest BCUT2D eigenvalue weighted by molar-refractivity contribution is 7.89. The molecule has 4 N–H and O–H groups in total. The Morgan fingerprint density at radius 3 is 2.26 bits per heavy atom. The zero-order valence-electron chi connectivity index (χ0n) is 17.5. The number of hydrogen-bond acceptors (Lipinski definition) is 6. The topological polar surface area (TPSA) is 135 Å². The van der Waals surface area contributed by atoms with Crippen LogP contribution in [0.2, 0.25) is 0 Å². The molecule has 11 heteroatoms. The van der Waals surface area contributed by atoms with Gasteiger partial charge < -0.3 is 25.4 Å². The van der Waals surface area contributed by atoms with Gasteiger partial charge in [-0.3, -0.25) is 4.79 Å². The third kappa shape index (κ3) is 7.15. The van der Waals surface area contributed by atoms with Crippen LogP contribution in [0.4, 0.5) is 16.2 Å². The minimum absolute atomic E-state index is 0.00492. The lowest BCUT2D eigenvalue weighted by molar-refractivity contribution is -0.116. The lowest BCUT2D eigenvalue weighted by atomic mass is 10.2. The van der Waals surface area contributed by atoms with Gasteiger partial charge in [-0.15, -0.1) is 0 Å². The van der Waals surface area contributed by atoms with E-state index in [1.165, 1.54) is 32.4 Å². The SMILES string of the molecule is CCNC(=O)Nc1cccc(NC(=O)CCNS(=O)(=O)c2ccc(OC)c(OC)c2)c1. The molecule has 0 spiro atoms. The molecule has 0 saturated heterocycles. The molecule has 3 amide bonds. The second-order valence-corrected chi connectivity index (χ2v) is 8.04. The van der Waals surface area contributed by atoms with Crippen LogP contribution in [0.5, 0.6) is 11.5 Å². The van der Waals surface area contributed by atoms with Crippen molar-refractivity contribution in [2.45, 2.75) is 18.2 Å². The number of hydrogen-bond donors (Lipinski definition) is 4. The molecule has 0 aliphatic carbocycles. The van der Waals surface area contributed by atoms with Gasteiger partial charge >= 0.3 is 6.03 Å². The van der Waals surface area contributed by atoms with E-state index in [1.54, 1.807) is 31.2 Å². The van der Waals surface area contributed by atoms with E-state index in [1.807, 2.05) is 0 Å². The summed E-state index contributed by atoms with van der Waals surface area (Å²) < 4.78 is 37.5. The Kier molecular flexibility index (Phi) is 8.64. The van der Waals surface area contributed by atoms with E-state index in [-0.39, 0.29) is 35.5 Å². The summed E-state index contributed by atoms with van der Waals surface area (Å²) in [6.45, 7) is 2.19. The quantitative estimate of drug-likeness (QED) is 0.438. The fourth-order valence-corrected chi connectivity index (χ4v) is 3.65. The number of carbonyl (C=O) groups is 2. The van der Waals surface area contributed by atoms with Crippen molar-refractivity contribution in [3.05, 3.63) is 42.5 Å². The van der Waals surface area contributed by atoms with Gasteiger partial charge in [-0.1, -0.05) is 6.07 Å². The number of nitrogens with one attached hydrogen (secondary N) is 4. The van der Waals surface area contributed by atoms with Crippen molar-refractivity contribution in [3.63, 3.8) is 0 Å². The number of urea groups is 1. The molecule has 0 aromatic heterocycles. The summed E-state index contributed by atoms with van der Waals surface area (Å²) in [5, 5.41) is 7.91. The Morgan fingerprint density at radius 2 is 1.61 bits per heavy atom. The number of amides is 3. The third-order valence-electron chi connectivity index (χ3n) is 4.05. The highest BCUT2D eigenvalue weighted by atomic mass is 32.2. The monoisotopic (exact) mass is 450 g/mol. The molecule has 0 atom stereocenters. The molecule has 0 saturated carbocycles. The predicted octanol–water partition coefficient (Wildman–Crippen LogP) is 2.15. The van der Waals surface area contributed by atoms with Gasteiger partial charge in [0.15, 0.2) is 11.5 Å². The number of anilines is 2. The molecular weight excluding hydrogens is 424 g/mol. The summed E-state index contributed by atoms with van der Waals surface area (Å²) in [6, 6.07) is 10.5. The number of rotatable bonds is 10. The van der Waals surface area contributed by atoms with Gasteiger partial charge in [0.25, 0.3) is 0 Å². The van der Waals surface area contributed by atoms with Crippen LogP contribution >= 0.6 is 0 Å². The Balaban J connectivity index is 1.91. The maximum absolute atomic E-state index is 12.5. The fourth-order valence-electron chi connectivity index (χ4n) is 2.60. The first-order chi connectivity index (χ1) is 14.8. The van der Waals surface area contributed by atoms with Gasteiger partial charge in [0.05, 0.1) is 19.1 Å². The molecular formula is C20H26N4O6S. The summed E-state index contributed by atoms with van der Waals surface area (Å²) in [4.78, 5) is 23.8. The van der Waals surface area contributed by atoms with Crippen LogP contribution in [0.3, 0.4) is 0 Å². The maximum atomic E-state index is 12.5. The van der Waals surface area contributed by atoms with Crippen LogP contribution in [0.25, 0.3) is 0 Å². The molecule has 0 bridgehead atoms. The molecule has 168 valence electrons. The lowest BCUT2D eigenvalue weighted by Crippen LogP contribution is -2.28. The van der Waals surface area contributed by atoms with Gasteiger partial charge in [0.1, 0.15) is 0 Å². The van der Waals surface area contributed by atoms with E-state index in [2.05, 4.69) is 20.7 Å². The molecule has 2 aromatic carbocycles. The molecule has 0 radical (unpaired) electrons. The summed E-state index contributed by atoms with van der Waals surface area (Å²) in [7, 11) is -0.970. The Labute approximate surface area is 181 Å². The standard InChI is InChI=1S/C20H26N4O6S/c1-4-21-20(26)24-15-7-5-6-14(12-15)23-19(25)10-11-22-31(27,28)16-8-9-17(29-2)18(13-16)30-3/h5-9,12-13,22H,4,10-11H2,1-3H3,(H,23,25)(H2,21,24,26). The predicted molar refractivity (Wildman–Crippen MR) is 117 cm³/mol. The Morgan fingerprint density at radius 1 is 0.935 bits per heavy atom. The smallest absolute Gasteiger partial charge is 0.319 e. The minimum atomic E-state index is -3.83. The number of carbonyl (C=O) groups excluding carboxylic acids is 2. The molecule has 31 heavy (non-hydrogen) atoms. The van der Waals surface area contributed by atoms with Gasteiger partial charge in [0.2, 0.25) is 15.9 Å². The number of ether oxygens (including phenoxy) is 2. The largest absolute Gasteiger partial charge is 0.493 e. The summed E-state index contributed by atoms with van der Waals surface area (Å²) in [6.07, 6.45) is -0.0828. The third-order valence-corrected chi connectivity index (χ3v) is 5.51. The van der Waals surface area contributed by atoms with Gasteiger partial charge in [-0.05, 0) is 37.3 Å². The second kappa shape index (κ2) is 11.2. The zero-order chi connectivity index (χ0) is 22.9. The van der Waals surface area contributed by atoms with E-state index >= 15 is 0 Å². The average Bonchev–Trinajstić information content (AvgIpc) is 2.73. The Hall–Kier alpha value is -3.31. The Bertz CT molecular complexity index is 1030. The van der Waals surface area contributed by atoms with E-state index < -0.39 is 10.0 Å². The van der Waals surface area contributed by atoms with E-state index in [9.17, 15) is 18.0 Å². The highest BCUT2D eigenvalue weighted by Crippen LogP contribution is 2.29. The summed E-state index contributed by atoms with van der Waals surface area (Å²) >= 11 is 0. The lowest BCUT2D eigenvalue weighted by Gasteiger charge is -2.11. The van der Waals surface area contributed by atoms with Crippen LogP contribution < -0.4 is 30.1 Å². The van der Waals surface area contributed by atoms with Crippen molar-refractivity contribution in [1.29, 1.82) is 0 Å². The van der Waals surface area contributed by atoms with Gasteiger partial charge in [-0.25, -0.2) is 17.9 Å². The van der Waals surface area contributed by atoms with Crippen LogP contribution in [0.1, 0.15) is 13.3 Å². The first-order valence-electron chi connectivity index (χ1n) is 9.45. The van der Waals surface area contributed by atoms with E-state index in [4.69, 9.17) is 9.47 Å². The molecule has 0 fully saturated rings.